The highest BCUT2D eigenvalue weighted by molar-refractivity contribution is 5.92. The number of nitrogens with zero attached hydrogens (tertiary/aromatic N) is 1. The van der Waals surface area contributed by atoms with Gasteiger partial charge in [0.15, 0.2) is 0 Å². The van der Waals surface area contributed by atoms with E-state index in [2.05, 4.69) is 17.6 Å². The first-order chi connectivity index (χ1) is 19.6. The molecule has 0 spiro atoms. The van der Waals surface area contributed by atoms with Gasteiger partial charge in [-0.3, -0.25) is 9.59 Å². The molecule has 0 radical (unpaired) electrons. The summed E-state index contributed by atoms with van der Waals surface area (Å²) in [7, 11) is 0. The fraction of sp³-hybridized carbons (Fsp3) is 0.559. The molecule has 41 heavy (non-hydrogen) atoms. The average molecular weight is 564 g/mol. The summed E-state index contributed by atoms with van der Waals surface area (Å²) < 4.78 is 5.54. The molecule has 0 saturated heterocycles. The molecule has 1 saturated carbocycles. The Balaban J connectivity index is 2.00. The van der Waals surface area contributed by atoms with E-state index in [-0.39, 0.29) is 24.3 Å². The molecule has 2 atom stereocenters. The highest BCUT2D eigenvalue weighted by Crippen LogP contribution is 2.27. The molecule has 2 N–H and O–H groups in total. The maximum Gasteiger partial charge on any atom is 0.408 e. The SMILES string of the molecule is CCCCCN(C(=O)C(Cc1ccccc1)NC(=O)OC(C)(C)C)C(C(=O)NC1CCCCC1)c1cccc(C)c1. The monoisotopic (exact) mass is 563 g/mol. The zero-order valence-electron chi connectivity index (χ0n) is 25.6. The molecule has 3 rings (SSSR count). The van der Waals surface area contributed by atoms with Gasteiger partial charge in [-0.05, 0) is 58.1 Å². The Hall–Kier alpha value is -3.35. The molecule has 0 heterocycles. The summed E-state index contributed by atoms with van der Waals surface area (Å²) in [5.74, 6) is -0.454. The Kier molecular flexibility index (Phi) is 12.2. The summed E-state index contributed by atoms with van der Waals surface area (Å²) in [5.41, 5.74) is 1.99. The van der Waals surface area contributed by atoms with Gasteiger partial charge in [0.05, 0.1) is 0 Å². The minimum absolute atomic E-state index is 0.108. The van der Waals surface area contributed by atoms with Gasteiger partial charge >= 0.3 is 6.09 Å². The van der Waals surface area contributed by atoms with E-state index in [1.165, 1.54) is 6.42 Å². The summed E-state index contributed by atoms with van der Waals surface area (Å²) in [6, 6.07) is 15.9. The van der Waals surface area contributed by atoms with Crippen molar-refractivity contribution < 1.29 is 19.1 Å². The second-order valence-electron chi connectivity index (χ2n) is 12.3. The number of alkyl carbamates (subject to hydrolysis) is 1. The normalized spacial score (nSPS) is 15.4. The van der Waals surface area contributed by atoms with Gasteiger partial charge < -0.3 is 20.3 Å². The number of nitrogens with one attached hydrogen (secondary N) is 2. The highest BCUT2D eigenvalue weighted by Gasteiger charge is 2.37. The van der Waals surface area contributed by atoms with Crippen LogP contribution < -0.4 is 10.6 Å². The summed E-state index contributed by atoms with van der Waals surface area (Å²) in [4.78, 5) is 43.2. The lowest BCUT2D eigenvalue weighted by Gasteiger charge is -2.36. The van der Waals surface area contributed by atoms with E-state index in [1.807, 2.05) is 61.5 Å². The number of aryl methyl sites for hydroxylation is 1. The zero-order chi connectivity index (χ0) is 29.8. The molecular formula is C34H49N3O4. The molecule has 1 aliphatic carbocycles. The molecule has 2 unspecified atom stereocenters. The maximum absolute atomic E-state index is 14.5. The minimum Gasteiger partial charge on any atom is -0.444 e. The quantitative estimate of drug-likeness (QED) is 0.284. The van der Waals surface area contributed by atoms with E-state index in [1.54, 1.807) is 25.7 Å². The number of carbonyl (C=O) groups is 3. The van der Waals surface area contributed by atoms with Crippen LogP contribution in [0.1, 0.15) is 102 Å². The molecule has 7 heteroatoms. The summed E-state index contributed by atoms with van der Waals surface area (Å²) >= 11 is 0. The number of carbonyl (C=O) groups excluding carboxylic acids is 3. The standard InChI is InChI=1S/C34H49N3O4/c1-6-7-14-22-37(30(27-19-15-16-25(2)23-27)31(38)35-28-20-12-9-13-21-28)32(39)29(24-26-17-10-8-11-18-26)36-33(40)41-34(3,4)5/h8,10-11,15-19,23,28-30H,6-7,9,12-14,20-22,24H2,1-5H3,(H,35,38)(H,36,40). The Morgan fingerprint density at radius 2 is 1.68 bits per heavy atom. The predicted molar refractivity (Wildman–Crippen MR) is 163 cm³/mol. The second-order valence-corrected chi connectivity index (χ2v) is 12.3. The van der Waals surface area contributed by atoms with Crippen LogP contribution in [0, 0.1) is 6.92 Å². The van der Waals surface area contributed by atoms with Crippen LogP contribution in [0.2, 0.25) is 0 Å². The first-order valence-electron chi connectivity index (χ1n) is 15.3. The molecule has 0 bridgehead atoms. The minimum atomic E-state index is -0.899. The number of rotatable bonds is 12. The lowest BCUT2D eigenvalue weighted by Crippen LogP contribution is -2.54. The lowest BCUT2D eigenvalue weighted by atomic mass is 9.94. The van der Waals surface area contributed by atoms with E-state index in [4.69, 9.17) is 4.74 Å². The van der Waals surface area contributed by atoms with Crippen LogP contribution in [0.4, 0.5) is 4.79 Å². The van der Waals surface area contributed by atoms with Crippen LogP contribution in [0.15, 0.2) is 54.6 Å². The lowest BCUT2D eigenvalue weighted by molar-refractivity contribution is -0.143. The van der Waals surface area contributed by atoms with Crippen LogP contribution in [0.3, 0.4) is 0 Å². The van der Waals surface area contributed by atoms with E-state index in [0.29, 0.717) is 6.54 Å². The summed E-state index contributed by atoms with van der Waals surface area (Å²) in [5, 5.41) is 6.12. The van der Waals surface area contributed by atoms with Crippen molar-refractivity contribution in [2.24, 2.45) is 0 Å². The molecule has 0 aliphatic heterocycles. The Morgan fingerprint density at radius 3 is 2.32 bits per heavy atom. The van der Waals surface area contributed by atoms with E-state index >= 15 is 0 Å². The molecule has 1 aliphatic rings. The summed E-state index contributed by atoms with van der Waals surface area (Å²) in [6.45, 7) is 9.89. The van der Waals surface area contributed by atoms with E-state index in [0.717, 1.165) is 61.6 Å². The van der Waals surface area contributed by atoms with Crippen molar-refractivity contribution in [1.82, 2.24) is 15.5 Å². The summed E-state index contributed by atoms with van der Waals surface area (Å²) in [6.07, 6.45) is 7.58. The van der Waals surface area contributed by atoms with Crippen molar-refractivity contribution in [1.29, 1.82) is 0 Å². The highest BCUT2D eigenvalue weighted by atomic mass is 16.6. The number of benzene rings is 2. The van der Waals surface area contributed by atoms with E-state index < -0.39 is 23.8 Å². The Labute approximate surface area is 246 Å². The first-order valence-corrected chi connectivity index (χ1v) is 15.3. The molecule has 0 aromatic heterocycles. The maximum atomic E-state index is 14.5. The predicted octanol–water partition coefficient (Wildman–Crippen LogP) is 6.64. The van der Waals surface area contributed by atoms with Gasteiger partial charge in [-0.2, -0.15) is 0 Å². The fourth-order valence-corrected chi connectivity index (χ4v) is 5.44. The van der Waals surface area contributed by atoms with Gasteiger partial charge in [0.1, 0.15) is 17.7 Å². The van der Waals surface area contributed by atoms with Crippen LogP contribution >= 0.6 is 0 Å². The van der Waals surface area contributed by atoms with Gasteiger partial charge in [0.25, 0.3) is 0 Å². The molecule has 224 valence electrons. The van der Waals surface area contributed by atoms with E-state index in [9.17, 15) is 14.4 Å². The van der Waals surface area contributed by atoms with Gasteiger partial charge in [-0.1, -0.05) is 99.2 Å². The zero-order valence-corrected chi connectivity index (χ0v) is 25.6. The third-order valence-electron chi connectivity index (χ3n) is 7.43. The second kappa shape index (κ2) is 15.6. The molecule has 1 fully saturated rings. The Bertz CT molecular complexity index is 1120. The van der Waals surface area contributed by atoms with Crippen LogP contribution in [0.5, 0.6) is 0 Å². The number of ether oxygens (including phenoxy) is 1. The molecular weight excluding hydrogens is 514 g/mol. The molecule has 2 aromatic carbocycles. The third-order valence-corrected chi connectivity index (χ3v) is 7.43. The first kappa shape index (κ1) is 32.2. The van der Waals surface area contributed by atoms with Crippen LogP contribution in [0.25, 0.3) is 0 Å². The number of hydrogen-bond donors (Lipinski definition) is 2. The van der Waals surface area contributed by atoms with Crippen molar-refractivity contribution in [2.45, 2.75) is 116 Å². The van der Waals surface area contributed by atoms with Crippen molar-refractivity contribution in [2.75, 3.05) is 6.54 Å². The van der Waals surface area contributed by atoms with Crippen LogP contribution in [-0.4, -0.2) is 47.0 Å². The van der Waals surface area contributed by atoms with Gasteiger partial charge in [0.2, 0.25) is 11.8 Å². The van der Waals surface area contributed by atoms with Crippen molar-refractivity contribution in [3.8, 4) is 0 Å². The van der Waals surface area contributed by atoms with Gasteiger partial charge in [-0.15, -0.1) is 0 Å². The fourth-order valence-electron chi connectivity index (χ4n) is 5.44. The number of unbranched alkanes of at least 4 members (excludes halogenated alkanes) is 2. The van der Waals surface area contributed by atoms with Gasteiger partial charge in [-0.25, -0.2) is 4.79 Å². The van der Waals surface area contributed by atoms with Crippen molar-refractivity contribution >= 4 is 17.9 Å². The smallest absolute Gasteiger partial charge is 0.408 e. The largest absolute Gasteiger partial charge is 0.444 e. The molecule has 3 amide bonds. The van der Waals surface area contributed by atoms with Gasteiger partial charge in [0, 0.05) is 19.0 Å². The topological polar surface area (TPSA) is 87.7 Å². The third kappa shape index (κ3) is 10.5. The number of amides is 3. The van der Waals surface area contributed by atoms with Crippen molar-refractivity contribution in [3.05, 3.63) is 71.3 Å². The molecule has 7 nitrogen and oxygen atoms in total. The molecule has 2 aromatic rings. The van der Waals surface area contributed by atoms with Crippen molar-refractivity contribution in [3.63, 3.8) is 0 Å². The Morgan fingerprint density at radius 1 is 0.976 bits per heavy atom. The number of hydrogen-bond acceptors (Lipinski definition) is 4. The average Bonchev–Trinajstić information content (AvgIpc) is 2.92. The van der Waals surface area contributed by atoms with Crippen LogP contribution in [-0.2, 0) is 20.7 Å².